The smallest absolute Gasteiger partial charge is 0.224 e. The van der Waals surface area contributed by atoms with Crippen LogP contribution in [0.3, 0.4) is 0 Å². The number of hydrogen-bond donors (Lipinski definition) is 1. The van der Waals surface area contributed by atoms with Crippen molar-refractivity contribution in [3.8, 4) is 0 Å². The van der Waals surface area contributed by atoms with E-state index >= 15 is 0 Å². The highest BCUT2D eigenvalue weighted by atomic mass is 16.1. The third kappa shape index (κ3) is 1.44. The fourth-order valence-electron chi connectivity index (χ4n) is 1.88. The van der Waals surface area contributed by atoms with Crippen LogP contribution >= 0.6 is 0 Å². The van der Waals surface area contributed by atoms with E-state index in [4.69, 9.17) is 0 Å². The first kappa shape index (κ1) is 8.30. The molecule has 0 saturated carbocycles. The summed E-state index contributed by atoms with van der Waals surface area (Å²) in [6, 6.07) is 4.26. The molecule has 2 nitrogen and oxygen atoms in total. The number of carbonyl (C=O) groups excluding carboxylic acids is 1. The molecule has 68 valence electrons. The normalized spacial score (nSPS) is 15.1. The Kier molecular flexibility index (Phi) is 1.83. The standard InChI is InChI=1S/C11H13NO/c1-7-5-8(2)11-9(6-7)3-4-10(13)12-11/h5-6H,3-4H2,1-2H3,(H,12,13). The van der Waals surface area contributed by atoms with Crippen LogP contribution in [0.5, 0.6) is 0 Å². The summed E-state index contributed by atoms with van der Waals surface area (Å²) in [5.74, 6) is 0.138. The Bertz CT molecular complexity index is 369. The van der Waals surface area contributed by atoms with Crippen LogP contribution in [-0.2, 0) is 11.2 Å². The number of hydrogen-bond acceptors (Lipinski definition) is 1. The molecule has 1 aliphatic heterocycles. The molecule has 0 bridgehead atoms. The van der Waals surface area contributed by atoms with Gasteiger partial charge in [-0.1, -0.05) is 17.7 Å². The van der Waals surface area contributed by atoms with E-state index in [9.17, 15) is 4.79 Å². The van der Waals surface area contributed by atoms with Crippen molar-refractivity contribution in [3.05, 3.63) is 28.8 Å². The van der Waals surface area contributed by atoms with Crippen molar-refractivity contribution in [1.29, 1.82) is 0 Å². The zero-order valence-electron chi connectivity index (χ0n) is 7.98. The first-order valence-corrected chi connectivity index (χ1v) is 4.57. The minimum Gasteiger partial charge on any atom is -0.326 e. The molecule has 1 aliphatic rings. The monoisotopic (exact) mass is 175 g/mol. The molecule has 2 heteroatoms. The van der Waals surface area contributed by atoms with Gasteiger partial charge in [0.1, 0.15) is 0 Å². The zero-order chi connectivity index (χ0) is 9.42. The molecule has 13 heavy (non-hydrogen) atoms. The van der Waals surface area contributed by atoms with Crippen molar-refractivity contribution in [2.45, 2.75) is 26.7 Å². The zero-order valence-corrected chi connectivity index (χ0v) is 7.98. The summed E-state index contributed by atoms with van der Waals surface area (Å²) in [6.45, 7) is 4.13. The molecule has 0 radical (unpaired) electrons. The SMILES string of the molecule is Cc1cc(C)c2c(c1)CCC(=O)N2. The maximum Gasteiger partial charge on any atom is 0.224 e. The van der Waals surface area contributed by atoms with Crippen LogP contribution in [-0.4, -0.2) is 5.91 Å². The Morgan fingerprint density at radius 2 is 2.00 bits per heavy atom. The summed E-state index contributed by atoms with van der Waals surface area (Å²) < 4.78 is 0. The highest BCUT2D eigenvalue weighted by Gasteiger charge is 2.16. The quantitative estimate of drug-likeness (QED) is 0.643. The Hall–Kier alpha value is -1.31. The second kappa shape index (κ2) is 2.87. The lowest BCUT2D eigenvalue weighted by Crippen LogP contribution is -2.19. The van der Waals surface area contributed by atoms with Crippen LogP contribution in [0.4, 0.5) is 5.69 Å². The van der Waals surface area contributed by atoms with E-state index < -0.39 is 0 Å². The van der Waals surface area contributed by atoms with E-state index in [1.54, 1.807) is 0 Å². The number of amides is 1. The van der Waals surface area contributed by atoms with Crippen LogP contribution in [0.1, 0.15) is 23.1 Å². The van der Waals surface area contributed by atoms with Crippen molar-refractivity contribution in [2.75, 3.05) is 5.32 Å². The lowest BCUT2D eigenvalue weighted by atomic mass is 9.97. The van der Waals surface area contributed by atoms with Crippen molar-refractivity contribution >= 4 is 11.6 Å². The van der Waals surface area contributed by atoms with E-state index in [1.165, 1.54) is 16.7 Å². The summed E-state index contributed by atoms with van der Waals surface area (Å²) in [5, 5.41) is 2.92. The fraction of sp³-hybridized carbons (Fsp3) is 0.364. The summed E-state index contributed by atoms with van der Waals surface area (Å²) in [7, 11) is 0. The molecular formula is C11H13NO. The molecule has 1 aromatic carbocycles. The molecule has 1 N–H and O–H groups in total. The van der Waals surface area contributed by atoms with Crippen molar-refractivity contribution in [2.24, 2.45) is 0 Å². The van der Waals surface area contributed by atoms with Crippen LogP contribution in [0.15, 0.2) is 12.1 Å². The van der Waals surface area contributed by atoms with Gasteiger partial charge < -0.3 is 5.32 Å². The van der Waals surface area contributed by atoms with E-state index in [-0.39, 0.29) is 5.91 Å². The molecule has 0 unspecified atom stereocenters. The number of benzene rings is 1. The van der Waals surface area contributed by atoms with Gasteiger partial charge in [-0.3, -0.25) is 4.79 Å². The number of aryl methyl sites for hydroxylation is 3. The van der Waals surface area contributed by atoms with Gasteiger partial charge in [0.15, 0.2) is 0 Å². The topological polar surface area (TPSA) is 29.1 Å². The minimum absolute atomic E-state index is 0.138. The molecule has 1 aromatic rings. The third-order valence-electron chi connectivity index (χ3n) is 2.45. The molecular weight excluding hydrogens is 162 g/mol. The summed E-state index contributed by atoms with van der Waals surface area (Å²) in [6.07, 6.45) is 1.50. The number of fused-ring (bicyclic) bond motifs is 1. The van der Waals surface area contributed by atoms with Gasteiger partial charge in [-0.15, -0.1) is 0 Å². The lowest BCUT2D eigenvalue weighted by molar-refractivity contribution is -0.116. The molecule has 2 rings (SSSR count). The predicted octanol–water partition coefficient (Wildman–Crippen LogP) is 2.19. The first-order chi connectivity index (χ1) is 6.16. The molecule has 0 saturated heterocycles. The van der Waals surface area contributed by atoms with E-state index in [0.717, 1.165) is 12.1 Å². The van der Waals surface area contributed by atoms with Gasteiger partial charge in [-0.05, 0) is 31.4 Å². The number of carbonyl (C=O) groups is 1. The molecule has 0 spiro atoms. The molecule has 0 aliphatic carbocycles. The fourth-order valence-corrected chi connectivity index (χ4v) is 1.88. The van der Waals surface area contributed by atoms with Gasteiger partial charge in [0.2, 0.25) is 5.91 Å². The highest BCUT2D eigenvalue weighted by Crippen LogP contribution is 2.27. The van der Waals surface area contributed by atoms with Gasteiger partial charge in [0, 0.05) is 12.1 Å². The van der Waals surface area contributed by atoms with Gasteiger partial charge in [-0.25, -0.2) is 0 Å². The maximum absolute atomic E-state index is 11.2. The van der Waals surface area contributed by atoms with Crippen LogP contribution in [0.25, 0.3) is 0 Å². The second-order valence-corrected chi connectivity index (χ2v) is 3.66. The molecule has 0 aromatic heterocycles. The minimum atomic E-state index is 0.138. The number of nitrogens with one attached hydrogen (secondary N) is 1. The summed E-state index contributed by atoms with van der Waals surface area (Å²) >= 11 is 0. The first-order valence-electron chi connectivity index (χ1n) is 4.57. The van der Waals surface area contributed by atoms with Gasteiger partial charge >= 0.3 is 0 Å². The van der Waals surface area contributed by atoms with Gasteiger partial charge in [0.05, 0.1) is 0 Å². The van der Waals surface area contributed by atoms with E-state index in [2.05, 4.69) is 24.4 Å². The lowest BCUT2D eigenvalue weighted by Gasteiger charge is -2.19. The largest absolute Gasteiger partial charge is 0.326 e. The maximum atomic E-state index is 11.2. The molecule has 0 atom stereocenters. The average molecular weight is 175 g/mol. The molecule has 0 fully saturated rings. The van der Waals surface area contributed by atoms with Gasteiger partial charge in [0.25, 0.3) is 0 Å². The van der Waals surface area contributed by atoms with Crippen molar-refractivity contribution in [1.82, 2.24) is 0 Å². The van der Waals surface area contributed by atoms with Crippen molar-refractivity contribution in [3.63, 3.8) is 0 Å². The van der Waals surface area contributed by atoms with Crippen LogP contribution in [0.2, 0.25) is 0 Å². The summed E-state index contributed by atoms with van der Waals surface area (Å²) in [4.78, 5) is 11.2. The Morgan fingerprint density at radius 1 is 1.23 bits per heavy atom. The van der Waals surface area contributed by atoms with Gasteiger partial charge in [-0.2, -0.15) is 0 Å². The molecule has 1 heterocycles. The molecule has 1 amide bonds. The second-order valence-electron chi connectivity index (χ2n) is 3.66. The average Bonchev–Trinajstić information content (AvgIpc) is 2.06. The van der Waals surface area contributed by atoms with E-state index in [1.807, 2.05) is 6.92 Å². The Balaban J connectivity index is 2.53. The van der Waals surface area contributed by atoms with E-state index in [0.29, 0.717) is 6.42 Å². The van der Waals surface area contributed by atoms with Crippen molar-refractivity contribution < 1.29 is 4.79 Å². The highest BCUT2D eigenvalue weighted by molar-refractivity contribution is 5.94. The predicted molar refractivity (Wildman–Crippen MR) is 52.9 cm³/mol. The Morgan fingerprint density at radius 3 is 2.77 bits per heavy atom. The van der Waals surface area contributed by atoms with Crippen LogP contribution < -0.4 is 5.32 Å². The third-order valence-corrected chi connectivity index (χ3v) is 2.45. The number of rotatable bonds is 0. The summed E-state index contributed by atoms with van der Waals surface area (Å²) in [5.41, 5.74) is 4.74. The van der Waals surface area contributed by atoms with Crippen LogP contribution in [0, 0.1) is 13.8 Å². The number of anilines is 1. The Labute approximate surface area is 78.0 Å².